The number of nitrogens with zero attached hydrogens (tertiary/aromatic N) is 5. The lowest BCUT2D eigenvalue weighted by atomic mass is 9.74. The minimum atomic E-state index is 0. The normalized spacial score (nSPS) is 20.5. The fourth-order valence-corrected chi connectivity index (χ4v) is 4.64. The third-order valence-corrected chi connectivity index (χ3v) is 5.98. The van der Waals surface area contributed by atoms with E-state index in [1.165, 1.54) is 57.9 Å². The van der Waals surface area contributed by atoms with Crippen LogP contribution >= 0.6 is 24.0 Å². The summed E-state index contributed by atoms with van der Waals surface area (Å²) in [6.07, 6.45) is 13.9. The maximum atomic E-state index is 4.57. The Balaban J connectivity index is 0.00000243. The van der Waals surface area contributed by atoms with Gasteiger partial charge in [0.15, 0.2) is 5.96 Å². The molecule has 3 rings (SSSR count). The van der Waals surface area contributed by atoms with Crippen LogP contribution in [0.25, 0.3) is 0 Å². The fourth-order valence-electron chi connectivity index (χ4n) is 4.64. The van der Waals surface area contributed by atoms with E-state index in [4.69, 9.17) is 0 Å². The van der Waals surface area contributed by atoms with E-state index in [1.54, 1.807) is 0 Å². The van der Waals surface area contributed by atoms with Crippen molar-refractivity contribution >= 4 is 29.9 Å². The maximum absolute atomic E-state index is 4.57. The highest BCUT2D eigenvalue weighted by Gasteiger charge is 2.36. The Labute approximate surface area is 175 Å². The number of likely N-dealkylation sites (tertiary alicyclic amines) is 1. The molecule has 0 bridgehead atoms. The molecular weight excluding hydrogens is 439 g/mol. The first-order chi connectivity index (χ1) is 12.3. The highest BCUT2D eigenvalue weighted by Crippen LogP contribution is 2.42. The van der Waals surface area contributed by atoms with Gasteiger partial charge in [0.1, 0.15) is 12.2 Å². The third kappa shape index (κ3) is 5.33. The zero-order chi connectivity index (χ0) is 17.5. The van der Waals surface area contributed by atoms with Crippen molar-refractivity contribution in [2.24, 2.45) is 10.4 Å². The largest absolute Gasteiger partial charge is 0.354 e. The number of halogens is 1. The first-order valence-electron chi connectivity index (χ1n) is 10.1. The van der Waals surface area contributed by atoms with Gasteiger partial charge in [-0.3, -0.25) is 4.99 Å². The van der Waals surface area contributed by atoms with Crippen LogP contribution in [0.1, 0.15) is 64.1 Å². The van der Waals surface area contributed by atoms with Crippen LogP contribution in [0.4, 0.5) is 0 Å². The molecule has 1 saturated heterocycles. The summed E-state index contributed by atoms with van der Waals surface area (Å²) >= 11 is 0. The standard InChI is InChI=1S/C19H34N6.HI/c1-3-17-23-22-16-25(17)14-12-21-18(20-2)24-13-8-11-19(15-24)9-6-4-5-7-10-19;/h16H,3-15H2,1-2H3,(H,20,21);1H. The second-order valence-electron chi connectivity index (χ2n) is 7.71. The van der Waals surface area contributed by atoms with E-state index >= 15 is 0 Å². The number of aliphatic imine (C=N–C) groups is 1. The number of hydrogen-bond donors (Lipinski definition) is 1. The molecule has 0 radical (unpaired) electrons. The van der Waals surface area contributed by atoms with Crippen molar-refractivity contribution in [2.75, 3.05) is 26.7 Å². The van der Waals surface area contributed by atoms with Gasteiger partial charge >= 0.3 is 0 Å². The van der Waals surface area contributed by atoms with Gasteiger partial charge in [-0.1, -0.05) is 32.6 Å². The number of hydrogen-bond acceptors (Lipinski definition) is 3. The molecule has 0 aromatic carbocycles. The van der Waals surface area contributed by atoms with Crippen LogP contribution in [0.15, 0.2) is 11.3 Å². The van der Waals surface area contributed by atoms with Gasteiger partial charge in [0.2, 0.25) is 0 Å². The summed E-state index contributed by atoms with van der Waals surface area (Å²) in [7, 11) is 1.91. The first kappa shape index (κ1) is 21.4. The molecule has 148 valence electrons. The van der Waals surface area contributed by atoms with Gasteiger partial charge in [0.05, 0.1) is 0 Å². The fraction of sp³-hybridized carbons (Fsp3) is 0.842. The molecule has 6 nitrogen and oxygen atoms in total. The lowest BCUT2D eigenvalue weighted by Crippen LogP contribution is -2.51. The van der Waals surface area contributed by atoms with E-state index in [1.807, 2.05) is 13.4 Å². The van der Waals surface area contributed by atoms with Gasteiger partial charge in [-0.05, 0) is 31.1 Å². The van der Waals surface area contributed by atoms with Gasteiger partial charge in [0, 0.05) is 39.6 Å². The number of aromatic nitrogens is 3. The number of piperidine rings is 1. The molecule has 1 aliphatic carbocycles. The topological polar surface area (TPSA) is 58.3 Å². The van der Waals surface area contributed by atoms with Gasteiger partial charge in [-0.25, -0.2) is 0 Å². The van der Waals surface area contributed by atoms with E-state index in [0.29, 0.717) is 5.41 Å². The van der Waals surface area contributed by atoms with Crippen molar-refractivity contribution in [1.29, 1.82) is 0 Å². The van der Waals surface area contributed by atoms with Gasteiger partial charge in [-0.15, -0.1) is 34.2 Å². The minimum absolute atomic E-state index is 0. The second-order valence-corrected chi connectivity index (χ2v) is 7.71. The SMILES string of the molecule is CCc1nncn1CCNC(=NC)N1CCCC2(CCCCCC2)C1.I. The van der Waals surface area contributed by atoms with Crippen LogP contribution in [-0.2, 0) is 13.0 Å². The van der Waals surface area contributed by atoms with E-state index in [-0.39, 0.29) is 24.0 Å². The van der Waals surface area contributed by atoms with Crippen molar-refractivity contribution in [3.63, 3.8) is 0 Å². The minimum Gasteiger partial charge on any atom is -0.354 e. The summed E-state index contributed by atoms with van der Waals surface area (Å²) in [6, 6.07) is 0. The molecule has 1 N–H and O–H groups in total. The molecule has 2 aliphatic rings. The van der Waals surface area contributed by atoms with Crippen LogP contribution in [0.5, 0.6) is 0 Å². The Morgan fingerprint density at radius 2 is 1.92 bits per heavy atom. The van der Waals surface area contributed by atoms with Crippen LogP contribution < -0.4 is 5.32 Å². The van der Waals surface area contributed by atoms with Gasteiger partial charge in [-0.2, -0.15) is 0 Å². The third-order valence-electron chi connectivity index (χ3n) is 5.98. The molecule has 0 atom stereocenters. The van der Waals surface area contributed by atoms with E-state index < -0.39 is 0 Å². The highest BCUT2D eigenvalue weighted by atomic mass is 127. The molecular formula is C19H35IN6. The molecule has 1 aromatic heterocycles. The first-order valence-corrected chi connectivity index (χ1v) is 10.1. The molecule has 2 heterocycles. The van der Waals surface area contributed by atoms with Crippen LogP contribution in [0.2, 0.25) is 0 Å². The average molecular weight is 474 g/mol. The van der Waals surface area contributed by atoms with Crippen molar-refractivity contribution < 1.29 is 0 Å². The summed E-state index contributed by atoms with van der Waals surface area (Å²) in [6.45, 7) is 6.18. The van der Waals surface area contributed by atoms with E-state index in [9.17, 15) is 0 Å². The molecule has 0 amide bonds. The van der Waals surface area contributed by atoms with E-state index in [2.05, 4.69) is 36.9 Å². The summed E-state index contributed by atoms with van der Waals surface area (Å²) in [5, 5.41) is 11.7. The summed E-state index contributed by atoms with van der Waals surface area (Å²) < 4.78 is 2.13. The van der Waals surface area contributed by atoms with Gasteiger partial charge in [0.25, 0.3) is 0 Å². The Morgan fingerprint density at radius 3 is 2.62 bits per heavy atom. The molecule has 7 heteroatoms. The van der Waals surface area contributed by atoms with Crippen molar-refractivity contribution in [3.05, 3.63) is 12.2 Å². The van der Waals surface area contributed by atoms with Gasteiger partial charge < -0.3 is 14.8 Å². The number of rotatable bonds is 4. The van der Waals surface area contributed by atoms with Crippen molar-refractivity contribution in [1.82, 2.24) is 25.0 Å². The zero-order valence-corrected chi connectivity index (χ0v) is 18.7. The summed E-state index contributed by atoms with van der Waals surface area (Å²) in [5.41, 5.74) is 0.538. The van der Waals surface area contributed by atoms with E-state index in [0.717, 1.165) is 37.8 Å². The number of nitrogens with one attached hydrogen (secondary N) is 1. The van der Waals surface area contributed by atoms with Crippen LogP contribution in [0.3, 0.4) is 0 Å². The molecule has 1 saturated carbocycles. The molecule has 1 aliphatic heterocycles. The lowest BCUT2D eigenvalue weighted by Gasteiger charge is -2.44. The molecule has 0 unspecified atom stereocenters. The second kappa shape index (κ2) is 10.5. The Bertz CT molecular complexity index is 562. The maximum Gasteiger partial charge on any atom is 0.193 e. The monoisotopic (exact) mass is 474 g/mol. The average Bonchev–Trinajstić information content (AvgIpc) is 2.98. The van der Waals surface area contributed by atoms with Crippen LogP contribution in [-0.4, -0.2) is 52.3 Å². The summed E-state index contributed by atoms with van der Waals surface area (Å²) in [4.78, 5) is 7.07. The Morgan fingerprint density at radius 1 is 1.19 bits per heavy atom. The molecule has 2 fully saturated rings. The van der Waals surface area contributed by atoms with Crippen LogP contribution in [0, 0.1) is 5.41 Å². The van der Waals surface area contributed by atoms with Crippen molar-refractivity contribution in [3.8, 4) is 0 Å². The quantitative estimate of drug-likeness (QED) is 0.413. The molecule has 1 aromatic rings. The number of aryl methyl sites for hydroxylation is 1. The predicted octanol–water partition coefficient (Wildman–Crippen LogP) is 3.47. The van der Waals surface area contributed by atoms with Crippen molar-refractivity contribution in [2.45, 2.75) is 71.3 Å². The molecule has 26 heavy (non-hydrogen) atoms. The smallest absolute Gasteiger partial charge is 0.193 e. The molecule has 1 spiro atoms. The predicted molar refractivity (Wildman–Crippen MR) is 117 cm³/mol. The summed E-state index contributed by atoms with van der Waals surface area (Å²) in [5.74, 6) is 2.11. The Kier molecular flexibility index (Phi) is 8.63. The lowest BCUT2D eigenvalue weighted by molar-refractivity contribution is 0.115. The Hall–Kier alpha value is -0.860. The zero-order valence-electron chi connectivity index (χ0n) is 16.4. The number of guanidine groups is 1. The highest BCUT2D eigenvalue weighted by molar-refractivity contribution is 14.0.